The Morgan fingerprint density at radius 2 is 1.60 bits per heavy atom. The van der Waals surface area contributed by atoms with Gasteiger partial charge >= 0.3 is 0 Å². The molecule has 0 N–H and O–H groups in total. The maximum Gasteiger partial charge on any atom is 0.274 e. The predicted octanol–water partition coefficient (Wildman–Crippen LogP) is 4.46. The summed E-state index contributed by atoms with van der Waals surface area (Å²) in [6.45, 7) is 0.790. The Hall–Kier alpha value is -3.70. The maximum absolute atomic E-state index is 13.1. The third kappa shape index (κ3) is 2.67. The summed E-state index contributed by atoms with van der Waals surface area (Å²) in [6.07, 6.45) is 4.14. The van der Waals surface area contributed by atoms with Crippen LogP contribution in [-0.4, -0.2) is 14.0 Å². The molecule has 3 heterocycles. The molecule has 6 rings (SSSR count). The van der Waals surface area contributed by atoms with Crippen molar-refractivity contribution in [2.75, 3.05) is 0 Å². The number of thiazole rings is 1. The van der Waals surface area contributed by atoms with E-state index in [9.17, 15) is 4.79 Å². The lowest BCUT2D eigenvalue weighted by Crippen LogP contribution is -2.22. The van der Waals surface area contributed by atoms with E-state index in [0.717, 1.165) is 39.0 Å². The molecule has 30 heavy (non-hydrogen) atoms. The fourth-order valence-corrected chi connectivity index (χ4v) is 5.03. The van der Waals surface area contributed by atoms with E-state index in [2.05, 4.69) is 58.2 Å². The number of imidazole rings is 1. The van der Waals surface area contributed by atoms with E-state index in [-0.39, 0.29) is 5.56 Å². The molecule has 3 aromatic heterocycles. The number of hydrogen-bond acceptors (Lipinski definition) is 3. The fourth-order valence-electron chi connectivity index (χ4n) is 4.05. The molecule has 4 nitrogen and oxygen atoms in total. The van der Waals surface area contributed by atoms with Crippen molar-refractivity contribution in [2.45, 2.75) is 6.54 Å². The summed E-state index contributed by atoms with van der Waals surface area (Å²) in [5.74, 6) is 0. The van der Waals surface area contributed by atoms with Crippen molar-refractivity contribution < 1.29 is 0 Å². The monoisotopic (exact) mass is 407 g/mol. The van der Waals surface area contributed by atoms with Crippen molar-refractivity contribution in [2.24, 2.45) is 0 Å². The fraction of sp³-hybridized carbons (Fsp3) is 0.0400. The average Bonchev–Trinajstić information content (AvgIpc) is 3.41. The first-order valence-corrected chi connectivity index (χ1v) is 10.6. The lowest BCUT2D eigenvalue weighted by atomic mass is 10.2. The van der Waals surface area contributed by atoms with E-state index in [1.165, 1.54) is 16.9 Å². The molecule has 0 amide bonds. The smallest absolute Gasteiger partial charge is 0.274 e. The van der Waals surface area contributed by atoms with Gasteiger partial charge in [0.1, 0.15) is 0 Å². The molecule has 0 saturated carbocycles. The molecular formula is C25H17N3OS. The molecule has 0 radical (unpaired) electrons. The molecule has 6 aromatic rings. The molecule has 0 aliphatic carbocycles. The summed E-state index contributed by atoms with van der Waals surface area (Å²) in [5, 5.41) is 1.14. The summed E-state index contributed by atoms with van der Waals surface area (Å²) < 4.78 is 4.66. The van der Waals surface area contributed by atoms with Crippen LogP contribution in [0.15, 0.2) is 89.9 Å². The second-order valence-electron chi connectivity index (χ2n) is 7.35. The van der Waals surface area contributed by atoms with Crippen LogP contribution in [0.3, 0.4) is 0 Å². The van der Waals surface area contributed by atoms with E-state index in [0.29, 0.717) is 4.53 Å². The quantitative estimate of drug-likeness (QED) is 0.435. The highest BCUT2D eigenvalue weighted by molar-refractivity contribution is 7.15. The van der Waals surface area contributed by atoms with Crippen LogP contribution < -0.4 is 10.1 Å². The largest absolute Gasteiger partial charge is 0.342 e. The Balaban J connectivity index is 1.54. The Morgan fingerprint density at radius 1 is 0.867 bits per heavy atom. The average molecular weight is 407 g/mol. The lowest BCUT2D eigenvalue weighted by molar-refractivity contribution is 0.836. The van der Waals surface area contributed by atoms with Gasteiger partial charge in [-0.05, 0) is 29.8 Å². The molecule has 0 saturated heterocycles. The van der Waals surface area contributed by atoms with E-state index in [1.807, 2.05) is 42.5 Å². The van der Waals surface area contributed by atoms with Gasteiger partial charge in [-0.15, -0.1) is 0 Å². The summed E-state index contributed by atoms with van der Waals surface area (Å²) in [7, 11) is 0. The van der Waals surface area contributed by atoms with Gasteiger partial charge in [0.25, 0.3) is 5.56 Å². The number of para-hydroxylation sites is 3. The van der Waals surface area contributed by atoms with Crippen LogP contribution in [0.4, 0.5) is 0 Å². The van der Waals surface area contributed by atoms with Gasteiger partial charge in [0.15, 0.2) is 4.96 Å². The van der Waals surface area contributed by atoms with Gasteiger partial charge in [0, 0.05) is 29.2 Å². The van der Waals surface area contributed by atoms with E-state index in [4.69, 9.17) is 0 Å². The SMILES string of the molecule is O=c1/c(=C/c2cn(Cc3ccccc3)c3ccccc23)sc2nc3ccccc3n12. The minimum absolute atomic E-state index is 0.0106. The maximum atomic E-state index is 13.1. The number of aromatic nitrogens is 3. The van der Waals surface area contributed by atoms with Crippen molar-refractivity contribution in [1.82, 2.24) is 14.0 Å². The molecule has 0 aliphatic rings. The number of rotatable bonds is 3. The van der Waals surface area contributed by atoms with E-state index >= 15 is 0 Å². The van der Waals surface area contributed by atoms with Gasteiger partial charge in [0.2, 0.25) is 0 Å². The Morgan fingerprint density at radius 3 is 2.47 bits per heavy atom. The minimum Gasteiger partial charge on any atom is -0.342 e. The second-order valence-corrected chi connectivity index (χ2v) is 8.36. The molecule has 0 atom stereocenters. The van der Waals surface area contributed by atoms with Crippen molar-refractivity contribution in [3.63, 3.8) is 0 Å². The molecule has 144 valence electrons. The summed E-state index contributed by atoms with van der Waals surface area (Å²) in [4.78, 5) is 18.5. The highest BCUT2D eigenvalue weighted by Crippen LogP contribution is 2.23. The van der Waals surface area contributed by atoms with Gasteiger partial charge in [-0.2, -0.15) is 0 Å². The highest BCUT2D eigenvalue weighted by atomic mass is 32.1. The summed E-state index contributed by atoms with van der Waals surface area (Å²) in [6, 6.07) is 26.5. The number of fused-ring (bicyclic) bond motifs is 4. The van der Waals surface area contributed by atoms with Crippen LogP contribution in [0.1, 0.15) is 11.1 Å². The predicted molar refractivity (Wildman–Crippen MR) is 123 cm³/mol. The van der Waals surface area contributed by atoms with Gasteiger partial charge in [-0.25, -0.2) is 9.38 Å². The third-order valence-electron chi connectivity index (χ3n) is 5.45. The number of nitrogens with zero attached hydrogens (tertiary/aromatic N) is 3. The van der Waals surface area contributed by atoms with Crippen LogP contribution in [0.5, 0.6) is 0 Å². The summed E-state index contributed by atoms with van der Waals surface area (Å²) >= 11 is 1.44. The normalized spacial score (nSPS) is 12.5. The highest BCUT2D eigenvalue weighted by Gasteiger charge is 2.12. The first-order chi connectivity index (χ1) is 14.8. The zero-order valence-electron chi connectivity index (χ0n) is 16.0. The first-order valence-electron chi connectivity index (χ1n) is 9.81. The molecule has 0 bridgehead atoms. The molecule has 0 aliphatic heterocycles. The van der Waals surface area contributed by atoms with E-state index in [1.54, 1.807) is 4.40 Å². The Bertz CT molecular complexity index is 1640. The molecule has 0 fully saturated rings. The Labute approximate surface area is 176 Å². The molecular weight excluding hydrogens is 390 g/mol. The van der Waals surface area contributed by atoms with Gasteiger partial charge in [-0.3, -0.25) is 4.79 Å². The van der Waals surface area contributed by atoms with Crippen molar-refractivity contribution in [3.05, 3.63) is 111 Å². The molecule has 5 heteroatoms. The van der Waals surface area contributed by atoms with Crippen molar-refractivity contribution in [1.29, 1.82) is 0 Å². The van der Waals surface area contributed by atoms with Crippen LogP contribution in [0, 0.1) is 0 Å². The van der Waals surface area contributed by atoms with Crippen molar-refractivity contribution >= 4 is 44.3 Å². The van der Waals surface area contributed by atoms with Crippen LogP contribution in [0.2, 0.25) is 0 Å². The van der Waals surface area contributed by atoms with Gasteiger partial charge < -0.3 is 4.57 Å². The number of hydrogen-bond donors (Lipinski definition) is 0. The Kier molecular flexibility index (Phi) is 3.82. The lowest BCUT2D eigenvalue weighted by Gasteiger charge is -2.05. The minimum atomic E-state index is -0.0106. The van der Waals surface area contributed by atoms with Crippen LogP contribution in [-0.2, 0) is 6.54 Å². The molecule has 3 aromatic carbocycles. The van der Waals surface area contributed by atoms with Gasteiger partial charge in [-0.1, -0.05) is 72.0 Å². The molecule has 0 spiro atoms. The van der Waals surface area contributed by atoms with Crippen molar-refractivity contribution in [3.8, 4) is 0 Å². The van der Waals surface area contributed by atoms with Crippen LogP contribution >= 0.6 is 11.3 Å². The first kappa shape index (κ1) is 17.2. The zero-order valence-corrected chi connectivity index (χ0v) is 16.8. The van der Waals surface area contributed by atoms with E-state index < -0.39 is 0 Å². The van der Waals surface area contributed by atoms with Gasteiger partial charge in [0.05, 0.1) is 15.6 Å². The standard InChI is InChI=1S/C25H17N3OS/c29-24-23(30-25-26-20-11-5-7-13-22(20)28(24)25)14-18-16-27(15-17-8-2-1-3-9-17)21-12-6-4-10-19(18)21/h1-14,16H,15H2/b23-14-. The second kappa shape index (κ2) is 6.68. The molecule has 0 unspecified atom stereocenters. The topological polar surface area (TPSA) is 39.3 Å². The third-order valence-corrected chi connectivity index (χ3v) is 6.42. The zero-order chi connectivity index (χ0) is 20.1. The number of benzene rings is 3. The summed E-state index contributed by atoms with van der Waals surface area (Å²) in [5.41, 5.74) is 5.16. The van der Waals surface area contributed by atoms with Crippen LogP contribution in [0.25, 0.3) is 33.0 Å².